The minimum atomic E-state index is -0.0446. The summed E-state index contributed by atoms with van der Waals surface area (Å²) in [6.45, 7) is 6.02. The van der Waals surface area contributed by atoms with E-state index in [0.29, 0.717) is 17.8 Å². The topological polar surface area (TPSA) is 70.5 Å². The fourth-order valence-corrected chi connectivity index (χ4v) is 3.71. The minimum Gasteiger partial charge on any atom is -0.497 e. The molecule has 0 spiro atoms. The fraction of sp³-hybridized carbons (Fsp3) is 0.545. The molecule has 0 unspecified atom stereocenters. The number of hydrogen-bond donors (Lipinski definition) is 2. The Morgan fingerprint density at radius 2 is 2.04 bits per heavy atom. The number of nitrogens with one attached hydrogen (secondary N) is 1. The molecule has 1 fully saturated rings. The van der Waals surface area contributed by atoms with E-state index in [1.165, 1.54) is 24.0 Å². The quantitative estimate of drug-likeness (QED) is 0.765. The molecule has 6 nitrogen and oxygen atoms in total. The number of fused-ring (bicyclic) bond motifs is 1. The summed E-state index contributed by atoms with van der Waals surface area (Å²) in [7, 11) is 1.71. The van der Waals surface area contributed by atoms with Crippen molar-refractivity contribution in [2.45, 2.75) is 51.6 Å². The van der Waals surface area contributed by atoms with E-state index in [1.54, 1.807) is 7.11 Å². The average Bonchev–Trinajstić information content (AvgIpc) is 3.56. The fourth-order valence-electron chi connectivity index (χ4n) is 3.71. The van der Waals surface area contributed by atoms with E-state index in [1.807, 2.05) is 6.07 Å². The molecule has 2 heterocycles. The summed E-state index contributed by atoms with van der Waals surface area (Å²) in [5, 5.41) is 13.0. The second-order valence-corrected chi connectivity index (χ2v) is 8.23. The summed E-state index contributed by atoms with van der Waals surface area (Å²) in [6.07, 6.45) is 3.38. The second kappa shape index (κ2) is 7.95. The van der Waals surface area contributed by atoms with Crippen LogP contribution in [0.2, 0.25) is 0 Å². The SMILES string of the molecule is COc1ccc2c(c1)CCN(c1cc(C3CC3)nc(N[C@H](CO)C(C)C)n1)C2. The molecule has 1 aromatic carbocycles. The molecular formula is C22H30N4O2. The zero-order chi connectivity index (χ0) is 19.7. The highest BCUT2D eigenvalue weighted by atomic mass is 16.5. The van der Waals surface area contributed by atoms with Crippen LogP contribution in [-0.4, -0.2) is 41.4 Å². The first kappa shape index (κ1) is 19.0. The first-order valence-corrected chi connectivity index (χ1v) is 10.2. The number of nitrogens with zero attached hydrogens (tertiary/aromatic N) is 3. The van der Waals surface area contributed by atoms with E-state index in [4.69, 9.17) is 14.7 Å². The summed E-state index contributed by atoms with van der Waals surface area (Å²) in [4.78, 5) is 11.9. The number of rotatable bonds is 7. The molecule has 28 heavy (non-hydrogen) atoms. The molecule has 0 radical (unpaired) electrons. The lowest BCUT2D eigenvalue weighted by atomic mass is 9.99. The number of anilines is 2. The highest BCUT2D eigenvalue weighted by molar-refractivity contribution is 5.50. The summed E-state index contributed by atoms with van der Waals surface area (Å²) >= 11 is 0. The van der Waals surface area contributed by atoms with Gasteiger partial charge in [-0.2, -0.15) is 4.98 Å². The second-order valence-electron chi connectivity index (χ2n) is 8.23. The van der Waals surface area contributed by atoms with Gasteiger partial charge in [-0.05, 0) is 48.4 Å². The Hall–Kier alpha value is -2.34. The number of benzene rings is 1. The predicted octanol–water partition coefficient (Wildman–Crippen LogP) is 3.35. The molecule has 1 aliphatic heterocycles. The van der Waals surface area contributed by atoms with Crippen LogP contribution >= 0.6 is 0 Å². The Morgan fingerprint density at radius 1 is 1.21 bits per heavy atom. The van der Waals surface area contributed by atoms with Crippen molar-refractivity contribution < 1.29 is 9.84 Å². The number of aliphatic hydroxyl groups is 1. The molecule has 2 aromatic rings. The normalized spacial score (nSPS) is 17.4. The van der Waals surface area contributed by atoms with Gasteiger partial charge in [0.1, 0.15) is 11.6 Å². The first-order valence-electron chi connectivity index (χ1n) is 10.2. The zero-order valence-electron chi connectivity index (χ0n) is 17.0. The van der Waals surface area contributed by atoms with Crippen molar-refractivity contribution in [1.82, 2.24) is 9.97 Å². The van der Waals surface area contributed by atoms with Crippen LogP contribution in [0.3, 0.4) is 0 Å². The third-order valence-corrected chi connectivity index (χ3v) is 5.79. The van der Waals surface area contributed by atoms with Gasteiger partial charge in [0, 0.05) is 25.1 Å². The molecule has 0 amide bonds. The van der Waals surface area contributed by atoms with Gasteiger partial charge in [-0.1, -0.05) is 19.9 Å². The highest BCUT2D eigenvalue weighted by Crippen LogP contribution is 2.40. The molecule has 0 saturated heterocycles. The first-order chi connectivity index (χ1) is 13.6. The molecule has 4 rings (SSSR count). The monoisotopic (exact) mass is 382 g/mol. The van der Waals surface area contributed by atoms with Crippen LogP contribution in [0.25, 0.3) is 0 Å². The maximum Gasteiger partial charge on any atom is 0.225 e. The van der Waals surface area contributed by atoms with Gasteiger partial charge in [-0.15, -0.1) is 0 Å². The van der Waals surface area contributed by atoms with Crippen LogP contribution < -0.4 is 15.0 Å². The lowest BCUT2D eigenvalue weighted by Crippen LogP contribution is -2.33. The van der Waals surface area contributed by atoms with Gasteiger partial charge in [0.2, 0.25) is 5.95 Å². The molecule has 150 valence electrons. The van der Waals surface area contributed by atoms with E-state index in [0.717, 1.165) is 36.8 Å². The van der Waals surface area contributed by atoms with Gasteiger partial charge in [0.15, 0.2) is 0 Å². The zero-order valence-corrected chi connectivity index (χ0v) is 17.0. The summed E-state index contributed by atoms with van der Waals surface area (Å²) < 4.78 is 5.36. The van der Waals surface area contributed by atoms with Crippen LogP contribution in [0.4, 0.5) is 11.8 Å². The standard InChI is InChI=1S/C22H30N4O2/c1-14(2)20(13-27)24-22-23-19(15-4-5-15)11-21(25-22)26-9-8-16-10-18(28-3)7-6-17(16)12-26/h6-7,10-11,14-15,20,27H,4-5,8-9,12-13H2,1-3H3,(H,23,24,25)/t20-/m1/s1. The molecule has 2 N–H and O–H groups in total. The Balaban J connectivity index is 1.59. The van der Waals surface area contributed by atoms with E-state index in [9.17, 15) is 5.11 Å². The molecule has 6 heteroatoms. The third kappa shape index (κ3) is 4.07. The Bertz CT molecular complexity index is 835. The van der Waals surface area contributed by atoms with Crippen molar-refractivity contribution in [2.24, 2.45) is 5.92 Å². The minimum absolute atomic E-state index is 0.0446. The molecule has 1 saturated carbocycles. The third-order valence-electron chi connectivity index (χ3n) is 5.79. The van der Waals surface area contributed by atoms with E-state index >= 15 is 0 Å². The Labute approximate surface area is 167 Å². The maximum atomic E-state index is 9.68. The van der Waals surface area contributed by atoms with Gasteiger partial charge >= 0.3 is 0 Å². The number of methoxy groups -OCH3 is 1. The number of aliphatic hydroxyl groups excluding tert-OH is 1. The van der Waals surface area contributed by atoms with Crippen molar-refractivity contribution in [3.8, 4) is 5.75 Å². The van der Waals surface area contributed by atoms with Gasteiger partial charge in [0.25, 0.3) is 0 Å². The largest absolute Gasteiger partial charge is 0.497 e. The van der Waals surface area contributed by atoms with Crippen molar-refractivity contribution in [3.05, 3.63) is 41.1 Å². The average molecular weight is 383 g/mol. The van der Waals surface area contributed by atoms with Crippen molar-refractivity contribution in [2.75, 3.05) is 30.5 Å². The van der Waals surface area contributed by atoms with Crippen molar-refractivity contribution in [1.29, 1.82) is 0 Å². The summed E-state index contributed by atoms with van der Waals surface area (Å²) in [5.74, 6) is 3.38. The molecular weight excluding hydrogens is 352 g/mol. The van der Waals surface area contributed by atoms with Gasteiger partial charge in [-0.25, -0.2) is 4.98 Å². The van der Waals surface area contributed by atoms with Crippen LogP contribution in [0.5, 0.6) is 5.75 Å². The Kier molecular flexibility index (Phi) is 5.40. The maximum absolute atomic E-state index is 9.68. The number of hydrogen-bond acceptors (Lipinski definition) is 6. The Morgan fingerprint density at radius 3 is 2.71 bits per heavy atom. The lowest BCUT2D eigenvalue weighted by Gasteiger charge is -2.31. The van der Waals surface area contributed by atoms with Gasteiger partial charge in [-0.3, -0.25) is 0 Å². The van der Waals surface area contributed by atoms with Gasteiger partial charge < -0.3 is 20.1 Å². The van der Waals surface area contributed by atoms with Crippen molar-refractivity contribution >= 4 is 11.8 Å². The number of aromatic nitrogens is 2. The van der Waals surface area contributed by atoms with Crippen molar-refractivity contribution in [3.63, 3.8) is 0 Å². The molecule has 0 bridgehead atoms. The van der Waals surface area contributed by atoms with E-state index in [-0.39, 0.29) is 12.6 Å². The van der Waals surface area contributed by atoms with Crippen LogP contribution in [0.1, 0.15) is 49.4 Å². The summed E-state index contributed by atoms with van der Waals surface area (Å²) in [5.41, 5.74) is 3.79. The van der Waals surface area contributed by atoms with E-state index < -0.39 is 0 Å². The molecule has 1 aliphatic carbocycles. The molecule has 1 atom stereocenters. The predicted molar refractivity (Wildman–Crippen MR) is 111 cm³/mol. The van der Waals surface area contributed by atoms with Crippen LogP contribution in [0.15, 0.2) is 24.3 Å². The van der Waals surface area contributed by atoms with Crippen LogP contribution in [0, 0.1) is 5.92 Å². The molecule has 1 aromatic heterocycles. The number of ether oxygens (including phenoxy) is 1. The highest BCUT2D eigenvalue weighted by Gasteiger charge is 2.28. The van der Waals surface area contributed by atoms with Crippen LogP contribution in [-0.2, 0) is 13.0 Å². The summed E-state index contributed by atoms with van der Waals surface area (Å²) in [6, 6.07) is 8.43. The van der Waals surface area contributed by atoms with E-state index in [2.05, 4.69) is 42.3 Å². The smallest absolute Gasteiger partial charge is 0.225 e. The molecule has 2 aliphatic rings. The lowest BCUT2D eigenvalue weighted by molar-refractivity contribution is 0.248. The van der Waals surface area contributed by atoms with Gasteiger partial charge in [0.05, 0.1) is 25.5 Å².